The highest BCUT2D eigenvalue weighted by Crippen LogP contribution is 2.28. The third-order valence-electron chi connectivity index (χ3n) is 3.60. The van der Waals surface area contributed by atoms with E-state index in [2.05, 4.69) is 58.4 Å². The van der Waals surface area contributed by atoms with Gasteiger partial charge in [0.1, 0.15) is 6.61 Å². The lowest BCUT2D eigenvalue weighted by atomic mass is 10.1. The second kappa shape index (κ2) is 9.36. The van der Waals surface area contributed by atoms with Crippen molar-refractivity contribution in [1.29, 1.82) is 0 Å². The summed E-state index contributed by atoms with van der Waals surface area (Å²) in [6, 6.07) is 14.5. The largest absolute Gasteiger partial charge is 0.490 e. The van der Waals surface area contributed by atoms with Crippen molar-refractivity contribution in [2.45, 2.75) is 26.4 Å². The molecule has 2 aromatic carbocycles. The van der Waals surface area contributed by atoms with Crippen molar-refractivity contribution in [3.8, 4) is 23.8 Å². The first-order valence-corrected chi connectivity index (χ1v) is 8.74. The zero-order valence-electron chi connectivity index (χ0n) is 14.0. The lowest BCUT2D eigenvalue weighted by Gasteiger charge is -2.16. The van der Waals surface area contributed by atoms with Crippen molar-refractivity contribution in [3.63, 3.8) is 0 Å². The lowest BCUT2D eigenvalue weighted by Crippen LogP contribution is -2.18. The van der Waals surface area contributed by atoms with Gasteiger partial charge in [0, 0.05) is 17.1 Å². The maximum Gasteiger partial charge on any atom is 0.162 e. The number of terminal acetylenes is 1. The molecule has 0 aliphatic rings. The second-order valence-electron chi connectivity index (χ2n) is 5.36. The molecule has 2 rings (SSSR count). The van der Waals surface area contributed by atoms with Gasteiger partial charge in [-0.15, -0.1) is 6.42 Å². The van der Waals surface area contributed by atoms with Crippen LogP contribution in [0.3, 0.4) is 0 Å². The Morgan fingerprint density at radius 3 is 2.54 bits per heavy atom. The summed E-state index contributed by atoms with van der Waals surface area (Å²) in [7, 11) is 0. The third-order valence-corrected chi connectivity index (χ3v) is 4.13. The Bertz CT molecular complexity index is 692. The maximum absolute atomic E-state index is 5.65. The van der Waals surface area contributed by atoms with E-state index in [9.17, 15) is 0 Å². The summed E-state index contributed by atoms with van der Waals surface area (Å²) in [5.41, 5.74) is 2.38. The standard InChI is InChI=1S/C20H22BrNO2/c1-4-12-24-19-11-6-16(13-20(19)23-5-2)14-22-15(3)17-7-9-18(21)10-8-17/h1,6-11,13,15,22H,5,12,14H2,2-3H3/t15-/m0/s1. The van der Waals surface area contributed by atoms with E-state index in [1.165, 1.54) is 5.56 Å². The molecule has 0 heterocycles. The van der Waals surface area contributed by atoms with Gasteiger partial charge in [0.05, 0.1) is 6.61 Å². The Morgan fingerprint density at radius 1 is 1.12 bits per heavy atom. The molecule has 1 N–H and O–H groups in total. The first kappa shape index (κ1) is 18.4. The van der Waals surface area contributed by atoms with Crippen LogP contribution in [0.15, 0.2) is 46.9 Å². The van der Waals surface area contributed by atoms with Gasteiger partial charge in [-0.25, -0.2) is 0 Å². The number of rotatable bonds is 8. The van der Waals surface area contributed by atoms with E-state index >= 15 is 0 Å². The monoisotopic (exact) mass is 387 g/mol. The first-order valence-electron chi connectivity index (χ1n) is 7.95. The molecular weight excluding hydrogens is 366 g/mol. The van der Waals surface area contributed by atoms with Gasteiger partial charge in [-0.3, -0.25) is 0 Å². The van der Waals surface area contributed by atoms with E-state index in [1.54, 1.807) is 0 Å². The van der Waals surface area contributed by atoms with Gasteiger partial charge in [0.15, 0.2) is 11.5 Å². The van der Waals surface area contributed by atoms with Crippen LogP contribution < -0.4 is 14.8 Å². The summed E-state index contributed by atoms with van der Waals surface area (Å²) in [5, 5.41) is 3.52. The molecule has 0 saturated heterocycles. The zero-order chi connectivity index (χ0) is 17.4. The minimum Gasteiger partial charge on any atom is -0.490 e. The molecule has 0 unspecified atom stereocenters. The van der Waals surface area contributed by atoms with Gasteiger partial charge in [-0.05, 0) is 49.2 Å². The smallest absolute Gasteiger partial charge is 0.162 e. The number of benzene rings is 2. The summed E-state index contributed by atoms with van der Waals surface area (Å²) in [6.07, 6.45) is 5.25. The lowest BCUT2D eigenvalue weighted by molar-refractivity contribution is 0.299. The summed E-state index contributed by atoms with van der Waals surface area (Å²) < 4.78 is 12.3. The number of hydrogen-bond acceptors (Lipinski definition) is 3. The van der Waals surface area contributed by atoms with Gasteiger partial charge in [-0.1, -0.05) is 40.0 Å². The molecule has 4 heteroatoms. The van der Waals surface area contributed by atoms with Crippen molar-refractivity contribution < 1.29 is 9.47 Å². The highest BCUT2D eigenvalue weighted by Gasteiger charge is 2.08. The molecule has 0 saturated carbocycles. The van der Waals surface area contributed by atoms with Crippen LogP contribution in [-0.2, 0) is 6.54 Å². The Labute approximate surface area is 152 Å². The Balaban J connectivity index is 2.02. The molecule has 1 atom stereocenters. The first-order chi connectivity index (χ1) is 11.6. The van der Waals surface area contributed by atoms with Crippen LogP contribution in [-0.4, -0.2) is 13.2 Å². The van der Waals surface area contributed by atoms with Crippen LogP contribution in [0, 0.1) is 12.3 Å². The molecular formula is C20H22BrNO2. The van der Waals surface area contributed by atoms with Gasteiger partial charge in [0.25, 0.3) is 0 Å². The van der Waals surface area contributed by atoms with E-state index < -0.39 is 0 Å². The summed E-state index contributed by atoms with van der Waals surface area (Å²) in [4.78, 5) is 0. The number of nitrogens with one attached hydrogen (secondary N) is 1. The third kappa shape index (κ3) is 5.30. The second-order valence-corrected chi connectivity index (χ2v) is 6.28. The van der Waals surface area contributed by atoms with Crippen LogP contribution in [0.2, 0.25) is 0 Å². The SMILES string of the molecule is C#CCOc1ccc(CN[C@@H](C)c2ccc(Br)cc2)cc1OCC. The van der Waals surface area contributed by atoms with Crippen molar-refractivity contribution in [2.24, 2.45) is 0 Å². The van der Waals surface area contributed by atoms with Crippen LogP contribution in [0.4, 0.5) is 0 Å². The molecule has 0 radical (unpaired) electrons. The minimum atomic E-state index is 0.234. The topological polar surface area (TPSA) is 30.5 Å². The Kier molecular flexibility index (Phi) is 7.17. The van der Waals surface area contributed by atoms with Crippen molar-refractivity contribution >= 4 is 15.9 Å². The number of ether oxygens (including phenoxy) is 2. The van der Waals surface area contributed by atoms with E-state index in [-0.39, 0.29) is 12.6 Å². The average Bonchev–Trinajstić information content (AvgIpc) is 2.59. The van der Waals surface area contributed by atoms with Crippen molar-refractivity contribution in [3.05, 3.63) is 58.1 Å². The molecule has 0 aromatic heterocycles. The van der Waals surface area contributed by atoms with E-state index in [1.807, 2.05) is 25.1 Å². The van der Waals surface area contributed by atoms with Crippen LogP contribution in [0.5, 0.6) is 11.5 Å². The van der Waals surface area contributed by atoms with Crippen LogP contribution >= 0.6 is 15.9 Å². The quantitative estimate of drug-likeness (QED) is 0.665. The Morgan fingerprint density at radius 2 is 1.88 bits per heavy atom. The summed E-state index contributed by atoms with van der Waals surface area (Å²) >= 11 is 3.46. The zero-order valence-corrected chi connectivity index (χ0v) is 15.6. The molecule has 2 aromatic rings. The Hall–Kier alpha value is -1.96. The van der Waals surface area contributed by atoms with Crippen molar-refractivity contribution in [2.75, 3.05) is 13.2 Å². The molecule has 0 spiro atoms. The number of hydrogen-bond donors (Lipinski definition) is 1. The molecule has 0 amide bonds. The van der Waals surface area contributed by atoms with E-state index in [4.69, 9.17) is 15.9 Å². The van der Waals surface area contributed by atoms with Crippen LogP contribution in [0.25, 0.3) is 0 Å². The fourth-order valence-electron chi connectivity index (χ4n) is 2.31. The predicted octanol–water partition coefficient (Wildman–Crippen LogP) is 4.71. The molecule has 24 heavy (non-hydrogen) atoms. The number of halogens is 1. The highest BCUT2D eigenvalue weighted by molar-refractivity contribution is 9.10. The highest BCUT2D eigenvalue weighted by atomic mass is 79.9. The normalized spacial score (nSPS) is 11.6. The molecule has 0 bridgehead atoms. The molecule has 126 valence electrons. The van der Waals surface area contributed by atoms with Gasteiger partial charge >= 0.3 is 0 Å². The van der Waals surface area contributed by atoms with E-state index in [0.29, 0.717) is 12.4 Å². The van der Waals surface area contributed by atoms with Crippen molar-refractivity contribution in [1.82, 2.24) is 5.32 Å². The fourth-order valence-corrected chi connectivity index (χ4v) is 2.57. The van der Waals surface area contributed by atoms with Crippen LogP contribution in [0.1, 0.15) is 31.0 Å². The van der Waals surface area contributed by atoms with E-state index in [0.717, 1.165) is 22.3 Å². The predicted molar refractivity (Wildman–Crippen MR) is 101 cm³/mol. The molecule has 0 fully saturated rings. The summed E-state index contributed by atoms with van der Waals surface area (Å²) in [6.45, 7) is 5.66. The maximum atomic E-state index is 5.65. The van der Waals surface area contributed by atoms with Gasteiger partial charge in [-0.2, -0.15) is 0 Å². The van der Waals surface area contributed by atoms with Gasteiger partial charge in [0.2, 0.25) is 0 Å². The fraction of sp³-hybridized carbons (Fsp3) is 0.300. The van der Waals surface area contributed by atoms with Gasteiger partial charge < -0.3 is 14.8 Å². The summed E-state index contributed by atoms with van der Waals surface area (Å²) in [5.74, 6) is 3.87. The average molecular weight is 388 g/mol. The minimum absolute atomic E-state index is 0.234. The molecule has 0 aliphatic carbocycles. The molecule has 3 nitrogen and oxygen atoms in total. The molecule has 0 aliphatic heterocycles.